The smallest absolute Gasteiger partial charge is 0.237 e. The number of ketones is 3. The molecule has 0 unspecified atom stereocenters. The van der Waals surface area contributed by atoms with Crippen molar-refractivity contribution in [3.05, 3.63) is 41.0 Å². The van der Waals surface area contributed by atoms with Gasteiger partial charge in [0.2, 0.25) is 11.6 Å². The van der Waals surface area contributed by atoms with E-state index in [0.29, 0.717) is 16.7 Å². The van der Waals surface area contributed by atoms with E-state index in [4.69, 9.17) is 0 Å². The molecule has 0 saturated carbocycles. The predicted molar refractivity (Wildman–Crippen MR) is 59.1 cm³/mol. The second kappa shape index (κ2) is 3.52. The average Bonchev–Trinajstić information content (AvgIpc) is 2.26. The molecule has 3 heteroatoms. The number of carbonyl (C=O) groups excluding carboxylic acids is 3. The van der Waals surface area contributed by atoms with Crippen molar-refractivity contribution in [3.8, 4) is 0 Å². The maximum absolute atomic E-state index is 11.7. The van der Waals surface area contributed by atoms with E-state index in [0.717, 1.165) is 0 Å². The first-order valence-corrected chi connectivity index (χ1v) is 4.94. The van der Waals surface area contributed by atoms with Crippen molar-refractivity contribution in [2.75, 3.05) is 0 Å². The Labute approximate surface area is 92.8 Å². The largest absolute Gasteiger partial charge is 0.294 e. The fraction of sp³-hybridized carbons (Fsp3) is 0.154. The lowest BCUT2D eigenvalue weighted by molar-refractivity contribution is -0.118. The Morgan fingerprint density at radius 2 is 1.56 bits per heavy atom. The average molecular weight is 214 g/mol. The van der Waals surface area contributed by atoms with Crippen LogP contribution in [0.1, 0.15) is 29.8 Å². The third-order valence-electron chi connectivity index (χ3n) is 2.74. The maximum Gasteiger partial charge on any atom is 0.237 e. The summed E-state index contributed by atoms with van der Waals surface area (Å²) in [6.07, 6.45) is 0. The molecule has 0 fully saturated rings. The molecule has 2 rings (SSSR count). The van der Waals surface area contributed by atoms with Gasteiger partial charge in [0.05, 0.1) is 5.57 Å². The summed E-state index contributed by atoms with van der Waals surface area (Å²) in [6, 6.07) is 6.84. The molecule has 1 aliphatic carbocycles. The van der Waals surface area contributed by atoms with Crippen molar-refractivity contribution < 1.29 is 14.4 Å². The molecule has 0 saturated heterocycles. The van der Waals surface area contributed by atoms with E-state index < -0.39 is 11.6 Å². The number of benzene rings is 1. The van der Waals surface area contributed by atoms with Gasteiger partial charge in [0.25, 0.3) is 0 Å². The molecule has 80 valence electrons. The molecule has 1 aliphatic rings. The first-order valence-electron chi connectivity index (χ1n) is 4.94. The molecule has 0 heterocycles. The van der Waals surface area contributed by atoms with E-state index in [2.05, 4.69) is 0 Å². The summed E-state index contributed by atoms with van der Waals surface area (Å²) in [5.41, 5.74) is 1.67. The lowest BCUT2D eigenvalue weighted by Gasteiger charge is -2.17. The van der Waals surface area contributed by atoms with Crippen LogP contribution in [0.2, 0.25) is 0 Å². The van der Waals surface area contributed by atoms with Gasteiger partial charge in [-0.1, -0.05) is 24.3 Å². The number of allylic oxidation sites excluding steroid dienone is 2. The van der Waals surface area contributed by atoms with Crippen molar-refractivity contribution in [2.45, 2.75) is 13.8 Å². The number of rotatable bonds is 1. The highest BCUT2D eigenvalue weighted by molar-refractivity contribution is 6.57. The molecule has 1 aromatic rings. The lowest BCUT2D eigenvalue weighted by atomic mass is 9.83. The van der Waals surface area contributed by atoms with Crippen molar-refractivity contribution in [2.24, 2.45) is 0 Å². The van der Waals surface area contributed by atoms with Crippen LogP contribution in [0.25, 0.3) is 5.57 Å². The zero-order chi connectivity index (χ0) is 11.9. The summed E-state index contributed by atoms with van der Waals surface area (Å²) in [5.74, 6) is -1.64. The maximum atomic E-state index is 11.7. The normalized spacial score (nSPS) is 15.1. The molecule has 0 radical (unpaired) electrons. The van der Waals surface area contributed by atoms with Gasteiger partial charge in [-0.05, 0) is 25.0 Å². The Morgan fingerprint density at radius 1 is 1.00 bits per heavy atom. The topological polar surface area (TPSA) is 51.2 Å². The van der Waals surface area contributed by atoms with Crippen molar-refractivity contribution in [1.29, 1.82) is 0 Å². The van der Waals surface area contributed by atoms with Gasteiger partial charge in [0.15, 0.2) is 5.78 Å². The summed E-state index contributed by atoms with van der Waals surface area (Å²) in [4.78, 5) is 34.8. The summed E-state index contributed by atoms with van der Waals surface area (Å²) in [6.45, 7) is 3.00. The number of Topliss-reactive ketones (excluding diaryl/α,β-unsaturated/α-hetero) is 3. The summed E-state index contributed by atoms with van der Waals surface area (Å²) >= 11 is 0. The zero-order valence-corrected chi connectivity index (χ0v) is 9.03. The van der Waals surface area contributed by atoms with Gasteiger partial charge < -0.3 is 0 Å². The molecule has 0 aliphatic heterocycles. The Bertz CT molecular complexity index is 550. The van der Waals surface area contributed by atoms with Crippen LogP contribution in [0.5, 0.6) is 0 Å². The SMILES string of the molecule is CC(=O)C1=C(C)c2ccccc2C(=O)C1=O. The second-order valence-corrected chi connectivity index (χ2v) is 3.76. The van der Waals surface area contributed by atoms with Gasteiger partial charge in [0, 0.05) is 5.56 Å². The molecule has 0 amide bonds. The minimum absolute atomic E-state index is 0.0173. The Hall–Kier alpha value is -2.03. The van der Waals surface area contributed by atoms with Gasteiger partial charge in [-0.3, -0.25) is 14.4 Å². The number of carbonyl (C=O) groups is 3. The lowest BCUT2D eigenvalue weighted by Crippen LogP contribution is -2.26. The van der Waals surface area contributed by atoms with Crippen LogP contribution in [-0.4, -0.2) is 17.3 Å². The first kappa shape index (κ1) is 10.5. The van der Waals surface area contributed by atoms with Crippen molar-refractivity contribution >= 4 is 22.9 Å². The van der Waals surface area contributed by atoms with Crippen LogP contribution in [-0.2, 0) is 9.59 Å². The van der Waals surface area contributed by atoms with E-state index in [1.165, 1.54) is 6.92 Å². The van der Waals surface area contributed by atoms with Crippen LogP contribution in [0.4, 0.5) is 0 Å². The first-order chi connectivity index (χ1) is 7.54. The highest BCUT2D eigenvalue weighted by atomic mass is 16.2. The van der Waals surface area contributed by atoms with Crippen LogP contribution >= 0.6 is 0 Å². The molecule has 0 atom stereocenters. The van der Waals surface area contributed by atoms with Gasteiger partial charge >= 0.3 is 0 Å². The van der Waals surface area contributed by atoms with E-state index >= 15 is 0 Å². The molecule has 16 heavy (non-hydrogen) atoms. The highest BCUT2D eigenvalue weighted by Crippen LogP contribution is 2.29. The van der Waals surface area contributed by atoms with E-state index in [-0.39, 0.29) is 11.4 Å². The second-order valence-electron chi connectivity index (χ2n) is 3.76. The molecular weight excluding hydrogens is 204 g/mol. The quantitative estimate of drug-likeness (QED) is 0.529. The fourth-order valence-electron chi connectivity index (χ4n) is 1.97. The van der Waals surface area contributed by atoms with Crippen molar-refractivity contribution in [3.63, 3.8) is 0 Å². The minimum Gasteiger partial charge on any atom is -0.294 e. The highest BCUT2D eigenvalue weighted by Gasteiger charge is 2.32. The third-order valence-corrected chi connectivity index (χ3v) is 2.74. The molecule has 0 N–H and O–H groups in total. The molecule has 3 nitrogen and oxygen atoms in total. The summed E-state index contributed by atoms with van der Waals surface area (Å²) in [5, 5.41) is 0. The van der Waals surface area contributed by atoms with Crippen LogP contribution in [0, 0.1) is 0 Å². The fourth-order valence-corrected chi connectivity index (χ4v) is 1.97. The molecular formula is C13H10O3. The number of hydrogen-bond acceptors (Lipinski definition) is 3. The van der Waals surface area contributed by atoms with Gasteiger partial charge in [0.1, 0.15) is 0 Å². The van der Waals surface area contributed by atoms with E-state index in [9.17, 15) is 14.4 Å². The van der Waals surface area contributed by atoms with E-state index in [1.54, 1.807) is 31.2 Å². The van der Waals surface area contributed by atoms with Crippen molar-refractivity contribution in [1.82, 2.24) is 0 Å². The minimum atomic E-state index is -0.691. The molecule has 1 aromatic carbocycles. The Balaban J connectivity index is 2.79. The van der Waals surface area contributed by atoms with Crippen LogP contribution in [0.15, 0.2) is 29.8 Å². The van der Waals surface area contributed by atoms with Gasteiger partial charge in [-0.25, -0.2) is 0 Å². The van der Waals surface area contributed by atoms with Crippen LogP contribution in [0.3, 0.4) is 0 Å². The third kappa shape index (κ3) is 1.33. The number of hydrogen-bond donors (Lipinski definition) is 0. The Morgan fingerprint density at radius 3 is 2.12 bits per heavy atom. The molecule has 0 aromatic heterocycles. The summed E-state index contributed by atoms with van der Waals surface area (Å²) in [7, 11) is 0. The van der Waals surface area contributed by atoms with Gasteiger partial charge in [-0.2, -0.15) is 0 Å². The van der Waals surface area contributed by atoms with E-state index in [1.807, 2.05) is 0 Å². The standard InChI is InChI=1S/C13H10O3/c1-7-9-5-3-4-6-10(9)12(15)13(16)11(7)8(2)14/h3-6H,1-2H3. The molecule has 0 spiro atoms. The van der Waals surface area contributed by atoms with Crippen LogP contribution < -0.4 is 0 Å². The monoisotopic (exact) mass is 214 g/mol. The summed E-state index contributed by atoms with van der Waals surface area (Å²) < 4.78 is 0. The Kier molecular flexibility index (Phi) is 2.31. The van der Waals surface area contributed by atoms with Gasteiger partial charge in [-0.15, -0.1) is 0 Å². The predicted octanol–water partition coefficient (Wildman–Crippen LogP) is 1.81. The molecule has 0 bridgehead atoms. The number of fused-ring (bicyclic) bond motifs is 1. The zero-order valence-electron chi connectivity index (χ0n) is 9.03.